The van der Waals surface area contributed by atoms with Crippen molar-refractivity contribution in [3.63, 3.8) is 0 Å². The molecule has 1 aromatic carbocycles. The summed E-state index contributed by atoms with van der Waals surface area (Å²) in [5.41, 5.74) is 6.09. The lowest BCUT2D eigenvalue weighted by Crippen LogP contribution is -2.36. The monoisotopic (exact) mass is 246 g/mol. The molecule has 4 heteroatoms. The van der Waals surface area contributed by atoms with Gasteiger partial charge in [0.2, 0.25) is 0 Å². The second-order valence-electron chi connectivity index (χ2n) is 4.28. The van der Waals surface area contributed by atoms with E-state index in [0.29, 0.717) is 25.1 Å². The van der Waals surface area contributed by atoms with E-state index < -0.39 is 5.41 Å². The normalized spacial score (nSPS) is 13.4. The highest BCUT2D eigenvalue weighted by Gasteiger charge is 2.36. The van der Waals surface area contributed by atoms with Crippen LogP contribution in [0.15, 0.2) is 24.3 Å². The second-order valence-corrected chi connectivity index (χ2v) is 4.28. The van der Waals surface area contributed by atoms with Gasteiger partial charge in [0.25, 0.3) is 0 Å². The number of carbonyl (C=O) groups excluding carboxylic acids is 1. The van der Waals surface area contributed by atoms with Crippen LogP contribution in [0.3, 0.4) is 0 Å². The molecule has 1 rings (SSSR count). The fourth-order valence-electron chi connectivity index (χ4n) is 1.88. The minimum absolute atomic E-state index is 0.300. The maximum absolute atomic E-state index is 12.1. The van der Waals surface area contributed by atoms with E-state index in [9.17, 15) is 4.79 Å². The van der Waals surface area contributed by atoms with Gasteiger partial charge in [-0.2, -0.15) is 5.26 Å². The summed E-state index contributed by atoms with van der Waals surface area (Å²) >= 11 is 0. The van der Waals surface area contributed by atoms with Crippen LogP contribution >= 0.6 is 0 Å². The average Bonchev–Trinajstić information content (AvgIpc) is 2.39. The van der Waals surface area contributed by atoms with Crippen LogP contribution in [-0.4, -0.2) is 19.1 Å². The number of rotatable bonds is 5. The second kappa shape index (κ2) is 6.18. The van der Waals surface area contributed by atoms with Crippen molar-refractivity contribution >= 4 is 5.97 Å². The van der Waals surface area contributed by atoms with Crippen molar-refractivity contribution in [1.29, 1.82) is 5.26 Å². The molecule has 0 spiro atoms. The number of benzene rings is 1. The van der Waals surface area contributed by atoms with Gasteiger partial charge in [-0.3, -0.25) is 4.79 Å². The molecule has 1 aromatic rings. The van der Waals surface area contributed by atoms with Crippen LogP contribution in [0.2, 0.25) is 0 Å². The van der Waals surface area contributed by atoms with E-state index in [2.05, 4.69) is 6.07 Å². The molecule has 0 saturated carbocycles. The minimum atomic E-state index is -0.794. The number of nitriles is 1. The fourth-order valence-corrected chi connectivity index (χ4v) is 1.88. The van der Waals surface area contributed by atoms with Crippen LogP contribution in [0.5, 0.6) is 0 Å². The van der Waals surface area contributed by atoms with Crippen molar-refractivity contribution in [3.8, 4) is 6.07 Å². The number of ether oxygens (including phenoxy) is 1. The van der Waals surface area contributed by atoms with E-state index in [4.69, 9.17) is 15.7 Å². The van der Waals surface area contributed by atoms with Crippen molar-refractivity contribution in [2.75, 3.05) is 13.2 Å². The van der Waals surface area contributed by atoms with Crippen molar-refractivity contribution in [2.45, 2.75) is 25.7 Å². The molecule has 2 N–H and O–H groups in total. The Morgan fingerprint density at radius 1 is 1.56 bits per heavy atom. The summed E-state index contributed by atoms with van der Waals surface area (Å²) in [6.45, 7) is 4.28. The standard InChI is InChI=1S/C14H18N2O2/c1-3-18-13(17)14(2,7-8-15)12-6-4-5-11(9-12)10-16/h4-6,9H,3,7-8,15H2,1-2H3. The molecule has 0 amide bonds. The summed E-state index contributed by atoms with van der Waals surface area (Å²) in [7, 11) is 0. The van der Waals surface area contributed by atoms with Crippen LogP contribution in [0.4, 0.5) is 0 Å². The Hall–Kier alpha value is -1.86. The molecule has 1 unspecified atom stereocenters. The summed E-state index contributed by atoms with van der Waals surface area (Å²) in [4.78, 5) is 12.1. The molecule has 18 heavy (non-hydrogen) atoms. The summed E-state index contributed by atoms with van der Waals surface area (Å²) < 4.78 is 5.11. The first-order chi connectivity index (χ1) is 8.58. The first kappa shape index (κ1) is 14.2. The predicted molar refractivity (Wildman–Crippen MR) is 68.8 cm³/mol. The number of carbonyl (C=O) groups is 1. The molecule has 0 aliphatic carbocycles. The van der Waals surface area contributed by atoms with Crippen LogP contribution in [0.1, 0.15) is 31.4 Å². The summed E-state index contributed by atoms with van der Waals surface area (Å²) in [5, 5.41) is 8.91. The Kier molecular flexibility index (Phi) is 4.87. The Morgan fingerprint density at radius 3 is 2.83 bits per heavy atom. The van der Waals surface area contributed by atoms with Gasteiger partial charge < -0.3 is 10.5 Å². The SMILES string of the molecule is CCOC(=O)C(C)(CCN)c1cccc(C#N)c1. The van der Waals surface area contributed by atoms with Gasteiger partial charge in [-0.15, -0.1) is 0 Å². The predicted octanol–water partition coefficient (Wildman–Crippen LogP) is 1.73. The molecule has 0 saturated heterocycles. The largest absolute Gasteiger partial charge is 0.465 e. The third kappa shape index (κ3) is 2.88. The van der Waals surface area contributed by atoms with Gasteiger partial charge >= 0.3 is 5.97 Å². The van der Waals surface area contributed by atoms with Crippen molar-refractivity contribution in [3.05, 3.63) is 35.4 Å². The maximum atomic E-state index is 12.1. The molecular weight excluding hydrogens is 228 g/mol. The zero-order valence-corrected chi connectivity index (χ0v) is 10.8. The van der Waals surface area contributed by atoms with E-state index in [1.54, 1.807) is 32.0 Å². The van der Waals surface area contributed by atoms with Gasteiger partial charge in [-0.05, 0) is 44.5 Å². The molecule has 0 aromatic heterocycles. The first-order valence-corrected chi connectivity index (χ1v) is 5.96. The third-order valence-electron chi connectivity index (χ3n) is 3.00. The lowest BCUT2D eigenvalue weighted by molar-refractivity contribution is -0.149. The smallest absolute Gasteiger partial charge is 0.316 e. The van der Waals surface area contributed by atoms with Crippen molar-refractivity contribution in [2.24, 2.45) is 5.73 Å². The lowest BCUT2D eigenvalue weighted by Gasteiger charge is -2.27. The first-order valence-electron chi connectivity index (χ1n) is 5.96. The highest BCUT2D eigenvalue weighted by Crippen LogP contribution is 2.29. The van der Waals surface area contributed by atoms with E-state index in [1.165, 1.54) is 0 Å². The van der Waals surface area contributed by atoms with E-state index in [0.717, 1.165) is 5.56 Å². The number of hydrogen-bond acceptors (Lipinski definition) is 4. The Bertz CT molecular complexity index is 465. The van der Waals surface area contributed by atoms with Crippen molar-refractivity contribution in [1.82, 2.24) is 0 Å². The zero-order valence-electron chi connectivity index (χ0n) is 10.8. The van der Waals surface area contributed by atoms with Crippen LogP contribution in [0.25, 0.3) is 0 Å². The van der Waals surface area contributed by atoms with Gasteiger partial charge in [0.15, 0.2) is 0 Å². The molecule has 0 radical (unpaired) electrons. The Morgan fingerprint density at radius 2 is 2.28 bits per heavy atom. The van der Waals surface area contributed by atoms with Gasteiger partial charge in [0.1, 0.15) is 0 Å². The number of nitrogens with two attached hydrogens (primary N) is 1. The third-order valence-corrected chi connectivity index (χ3v) is 3.00. The summed E-state index contributed by atoms with van der Waals surface area (Å²) in [6.07, 6.45) is 0.487. The summed E-state index contributed by atoms with van der Waals surface area (Å²) in [6, 6.07) is 9.08. The van der Waals surface area contributed by atoms with E-state index in [1.807, 2.05) is 6.07 Å². The lowest BCUT2D eigenvalue weighted by atomic mass is 9.79. The van der Waals surface area contributed by atoms with Crippen LogP contribution in [-0.2, 0) is 14.9 Å². The van der Waals surface area contributed by atoms with Gasteiger partial charge in [-0.25, -0.2) is 0 Å². The van der Waals surface area contributed by atoms with Crippen LogP contribution < -0.4 is 5.73 Å². The minimum Gasteiger partial charge on any atom is -0.465 e. The molecule has 0 aliphatic rings. The molecule has 1 atom stereocenters. The zero-order chi connectivity index (χ0) is 13.6. The number of esters is 1. The Balaban J connectivity index is 3.17. The number of nitrogens with zero attached hydrogens (tertiary/aromatic N) is 1. The van der Waals surface area contributed by atoms with Gasteiger partial charge in [-0.1, -0.05) is 12.1 Å². The molecule has 0 fully saturated rings. The topological polar surface area (TPSA) is 76.1 Å². The van der Waals surface area contributed by atoms with Crippen LogP contribution in [0, 0.1) is 11.3 Å². The Labute approximate surface area is 107 Å². The van der Waals surface area contributed by atoms with Gasteiger partial charge in [0, 0.05) is 0 Å². The molecule has 0 heterocycles. The van der Waals surface area contributed by atoms with E-state index in [-0.39, 0.29) is 5.97 Å². The molecule has 0 bridgehead atoms. The molecular formula is C14H18N2O2. The van der Waals surface area contributed by atoms with Gasteiger partial charge in [0.05, 0.1) is 23.7 Å². The highest BCUT2D eigenvalue weighted by molar-refractivity contribution is 5.82. The average molecular weight is 246 g/mol. The maximum Gasteiger partial charge on any atom is 0.316 e. The van der Waals surface area contributed by atoms with E-state index >= 15 is 0 Å². The number of hydrogen-bond donors (Lipinski definition) is 1. The highest BCUT2D eigenvalue weighted by atomic mass is 16.5. The molecule has 96 valence electrons. The molecule has 0 aliphatic heterocycles. The quantitative estimate of drug-likeness (QED) is 0.803. The van der Waals surface area contributed by atoms with Crippen molar-refractivity contribution < 1.29 is 9.53 Å². The summed E-state index contributed by atoms with van der Waals surface area (Å²) in [5.74, 6) is -0.300. The molecule has 4 nitrogen and oxygen atoms in total. The fraction of sp³-hybridized carbons (Fsp3) is 0.429.